The van der Waals surface area contributed by atoms with E-state index in [0.29, 0.717) is 6.10 Å². The van der Waals surface area contributed by atoms with Gasteiger partial charge in [0.1, 0.15) is 11.9 Å². The Morgan fingerprint density at radius 1 is 1.27 bits per heavy atom. The molecule has 0 aromatic heterocycles. The largest absolute Gasteiger partial charge is 0.490 e. The van der Waals surface area contributed by atoms with Crippen molar-refractivity contribution in [2.75, 3.05) is 26.7 Å². The van der Waals surface area contributed by atoms with Crippen molar-refractivity contribution in [3.63, 3.8) is 0 Å². The van der Waals surface area contributed by atoms with Gasteiger partial charge in [0.25, 0.3) is 0 Å². The van der Waals surface area contributed by atoms with Crippen LogP contribution < -0.4 is 10.1 Å². The van der Waals surface area contributed by atoms with E-state index < -0.39 is 0 Å². The van der Waals surface area contributed by atoms with Crippen LogP contribution in [0.2, 0.25) is 0 Å². The summed E-state index contributed by atoms with van der Waals surface area (Å²) < 4.78 is 6.06. The van der Waals surface area contributed by atoms with Crippen molar-refractivity contribution in [3.05, 3.63) is 35.2 Å². The molecule has 0 spiro atoms. The van der Waals surface area contributed by atoms with E-state index in [9.17, 15) is 0 Å². The topological polar surface area (TPSA) is 65.4 Å². The molecule has 1 unspecified atom stereocenters. The van der Waals surface area contributed by atoms with Crippen LogP contribution in [0.25, 0.3) is 0 Å². The molecule has 22 heavy (non-hydrogen) atoms. The molecule has 0 bridgehead atoms. The van der Waals surface area contributed by atoms with Gasteiger partial charge < -0.3 is 15.0 Å². The number of benzene rings is 1. The fraction of sp³-hybridized carbons (Fsp3) is 0.647. The van der Waals surface area contributed by atoms with Gasteiger partial charge in [-0.1, -0.05) is 30.7 Å². The summed E-state index contributed by atoms with van der Waals surface area (Å²) in [6.45, 7) is 5.74. The highest BCUT2D eigenvalue weighted by atomic mass is 16.5. The van der Waals surface area contributed by atoms with Gasteiger partial charge in [-0.15, -0.1) is 0 Å². The lowest BCUT2D eigenvalue weighted by molar-refractivity contribution is 0.0713. The van der Waals surface area contributed by atoms with Crippen molar-refractivity contribution in [2.45, 2.75) is 44.8 Å². The summed E-state index contributed by atoms with van der Waals surface area (Å²) in [6.07, 6.45) is 5.16. The van der Waals surface area contributed by atoms with Gasteiger partial charge in [0.15, 0.2) is 0 Å². The number of nitrogens with zero attached hydrogens (tertiary/aromatic N) is 1. The van der Waals surface area contributed by atoms with Crippen LogP contribution in [0.3, 0.4) is 0 Å². The first-order chi connectivity index (χ1) is 10.8. The fourth-order valence-electron chi connectivity index (χ4n) is 3.01. The van der Waals surface area contributed by atoms with Crippen molar-refractivity contribution in [1.29, 1.82) is 5.59 Å². The molecule has 1 aromatic rings. The standard InChI is InChI=1S/C17H28N2O.HNO/c1-3-15(9-12-18-2)19-13-10-17(11-14-19)20-16-7-5-4-6-8-16;1-2/h4-8,15,17-18H,3,9-14H2,1-2H3;1H. The minimum absolute atomic E-state index is 0.385. The molecule has 1 atom stereocenters. The van der Waals surface area contributed by atoms with Gasteiger partial charge in [-0.3, -0.25) is 0 Å². The minimum Gasteiger partial charge on any atom is -0.490 e. The van der Waals surface area contributed by atoms with Crippen molar-refractivity contribution in [2.24, 2.45) is 0 Å². The lowest BCUT2D eigenvalue weighted by atomic mass is 10.0. The highest BCUT2D eigenvalue weighted by Gasteiger charge is 2.24. The van der Waals surface area contributed by atoms with Gasteiger partial charge in [-0.25, -0.2) is 0 Å². The van der Waals surface area contributed by atoms with E-state index in [1.807, 2.05) is 37.4 Å². The van der Waals surface area contributed by atoms with Gasteiger partial charge in [-0.2, -0.15) is 4.91 Å². The van der Waals surface area contributed by atoms with Crippen LogP contribution in [0.5, 0.6) is 5.75 Å². The van der Waals surface area contributed by atoms with E-state index in [1.165, 1.54) is 25.9 Å². The third-order valence-corrected chi connectivity index (χ3v) is 4.24. The average Bonchev–Trinajstić information content (AvgIpc) is 2.60. The second-order valence-electron chi connectivity index (χ2n) is 5.62. The summed E-state index contributed by atoms with van der Waals surface area (Å²) in [5.74, 6) is 1.01. The Hall–Kier alpha value is -1.46. The molecule has 1 heterocycles. The summed E-state index contributed by atoms with van der Waals surface area (Å²) >= 11 is 0. The van der Waals surface area contributed by atoms with Gasteiger partial charge in [0.2, 0.25) is 0 Å². The molecule has 5 nitrogen and oxygen atoms in total. The number of hydrogen-bond donors (Lipinski definition) is 2. The molecule has 1 saturated heterocycles. The molecular formula is C17H29N3O2. The monoisotopic (exact) mass is 307 g/mol. The van der Waals surface area contributed by atoms with E-state index in [-0.39, 0.29) is 0 Å². The summed E-state index contributed by atoms with van der Waals surface area (Å²) in [5, 5.41) is 3.26. The second kappa shape index (κ2) is 11.2. The van der Waals surface area contributed by atoms with E-state index in [2.05, 4.69) is 22.7 Å². The maximum Gasteiger partial charge on any atom is 0.119 e. The van der Waals surface area contributed by atoms with Crippen molar-refractivity contribution in [3.8, 4) is 5.75 Å². The Labute approximate surface area is 133 Å². The predicted octanol–water partition coefficient (Wildman–Crippen LogP) is 3.25. The predicted molar refractivity (Wildman–Crippen MR) is 90.4 cm³/mol. The Bertz CT molecular complexity index is 381. The fourth-order valence-corrected chi connectivity index (χ4v) is 3.01. The van der Waals surface area contributed by atoms with Crippen molar-refractivity contribution >= 4 is 0 Å². The highest BCUT2D eigenvalue weighted by Crippen LogP contribution is 2.21. The number of hydrogen-bond acceptors (Lipinski definition) is 5. The smallest absolute Gasteiger partial charge is 0.119 e. The third-order valence-electron chi connectivity index (χ3n) is 4.24. The van der Waals surface area contributed by atoms with Crippen molar-refractivity contribution in [1.82, 2.24) is 10.2 Å². The van der Waals surface area contributed by atoms with Crippen LogP contribution in [0, 0.1) is 10.5 Å². The molecule has 1 aliphatic heterocycles. The molecule has 2 N–H and O–H groups in total. The van der Waals surface area contributed by atoms with E-state index in [4.69, 9.17) is 9.64 Å². The van der Waals surface area contributed by atoms with Crippen LogP contribution in [0.1, 0.15) is 32.6 Å². The first-order valence-corrected chi connectivity index (χ1v) is 8.14. The molecule has 5 heteroatoms. The van der Waals surface area contributed by atoms with Crippen molar-refractivity contribution < 1.29 is 4.74 Å². The zero-order chi connectivity index (χ0) is 16.2. The maximum atomic E-state index is 7.50. The highest BCUT2D eigenvalue weighted by molar-refractivity contribution is 5.21. The molecule has 0 radical (unpaired) electrons. The molecular weight excluding hydrogens is 278 g/mol. The average molecular weight is 307 g/mol. The maximum absolute atomic E-state index is 7.50. The number of rotatable bonds is 7. The Morgan fingerprint density at radius 2 is 1.91 bits per heavy atom. The molecule has 1 fully saturated rings. The van der Waals surface area contributed by atoms with Gasteiger partial charge >= 0.3 is 0 Å². The summed E-state index contributed by atoms with van der Waals surface area (Å²) in [6, 6.07) is 10.9. The van der Waals surface area contributed by atoms with Crippen LogP contribution >= 0.6 is 0 Å². The van der Waals surface area contributed by atoms with Crippen LogP contribution in [-0.2, 0) is 0 Å². The first-order valence-electron chi connectivity index (χ1n) is 8.14. The van der Waals surface area contributed by atoms with Gasteiger partial charge in [0.05, 0.1) is 0 Å². The summed E-state index contributed by atoms with van der Waals surface area (Å²) in [5.41, 5.74) is 4.50. The SMILES string of the molecule is CCC(CCNC)N1CCC(Oc2ccccc2)CC1.N=O. The minimum atomic E-state index is 0.385. The number of para-hydroxylation sites is 1. The number of nitroso groups, excluding NO2 is 1. The number of nitrogens with one attached hydrogen (secondary N) is 2. The third kappa shape index (κ3) is 6.12. The molecule has 1 aromatic carbocycles. The second-order valence-corrected chi connectivity index (χ2v) is 5.62. The molecule has 124 valence electrons. The quantitative estimate of drug-likeness (QED) is 0.759. The zero-order valence-electron chi connectivity index (χ0n) is 13.8. The molecule has 0 saturated carbocycles. The number of ether oxygens (including phenoxy) is 1. The lowest BCUT2D eigenvalue weighted by Gasteiger charge is -2.37. The van der Waals surface area contributed by atoms with E-state index >= 15 is 0 Å². The van der Waals surface area contributed by atoms with E-state index in [1.54, 1.807) is 0 Å². The first kappa shape index (κ1) is 18.6. The Balaban J connectivity index is 0.00000116. The molecule has 1 aliphatic rings. The molecule has 0 amide bonds. The zero-order valence-corrected chi connectivity index (χ0v) is 13.8. The Kier molecular flexibility index (Phi) is 9.42. The summed E-state index contributed by atoms with van der Waals surface area (Å²) in [7, 11) is 2.03. The summed E-state index contributed by atoms with van der Waals surface area (Å²) in [4.78, 5) is 10.1. The molecule has 2 rings (SSSR count). The molecule has 0 aliphatic carbocycles. The Morgan fingerprint density at radius 3 is 2.45 bits per heavy atom. The normalized spacial score (nSPS) is 17.4. The number of piperidine rings is 1. The number of likely N-dealkylation sites (tertiary alicyclic amines) is 1. The van der Waals surface area contributed by atoms with E-state index in [0.717, 1.165) is 31.2 Å². The van der Waals surface area contributed by atoms with Crippen LogP contribution in [0.4, 0.5) is 0 Å². The van der Waals surface area contributed by atoms with Crippen LogP contribution in [-0.4, -0.2) is 43.7 Å². The lowest BCUT2D eigenvalue weighted by Crippen LogP contribution is -2.44. The van der Waals surface area contributed by atoms with Gasteiger partial charge in [-0.05, 0) is 51.4 Å². The van der Waals surface area contributed by atoms with Gasteiger partial charge in [0, 0.05) is 19.1 Å². The van der Waals surface area contributed by atoms with Crippen LogP contribution in [0.15, 0.2) is 30.3 Å².